The SMILES string of the molecule is O=C(NCc1c(F)cccc1F)NCC(C(=O)O)c1c(Cl)cccc1Cl. The summed E-state index contributed by atoms with van der Waals surface area (Å²) in [4.78, 5) is 23.3. The van der Waals surface area contributed by atoms with E-state index >= 15 is 0 Å². The first kappa shape index (κ1) is 19.9. The highest BCUT2D eigenvalue weighted by molar-refractivity contribution is 6.36. The van der Waals surface area contributed by atoms with Gasteiger partial charge in [-0.25, -0.2) is 13.6 Å². The third kappa shape index (κ3) is 4.83. The number of aliphatic carboxylic acids is 1. The summed E-state index contributed by atoms with van der Waals surface area (Å²) < 4.78 is 27.0. The number of halogens is 4. The van der Waals surface area contributed by atoms with Crippen molar-refractivity contribution in [1.82, 2.24) is 10.6 Å². The minimum absolute atomic E-state index is 0.153. The Morgan fingerprint density at radius 3 is 2.08 bits per heavy atom. The van der Waals surface area contributed by atoms with E-state index in [1.54, 1.807) is 6.07 Å². The molecule has 0 aromatic heterocycles. The number of hydrogen-bond acceptors (Lipinski definition) is 2. The van der Waals surface area contributed by atoms with Gasteiger partial charge >= 0.3 is 12.0 Å². The molecule has 2 amide bonds. The average Bonchev–Trinajstić information content (AvgIpc) is 2.56. The van der Waals surface area contributed by atoms with Gasteiger partial charge in [0, 0.05) is 27.7 Å². The Morgan fingerprint density at radius 2 is 1.54 bits per heavy atom. The molecule has 138 valence electrons. The van der Waals surface area contributed by atoms with Crippen LogP contribution in [0.15, 0.2) is 36.4 Å². The maximum Gasteiger partial charge on any atom is 0.315 e. The zero-order valence-electron chi connectivity index (χ0n) is 13.2. The molecule has 26 heavy (non-hydrogen) atoms. The summed E-state index contributed by atoms with van der Waals surface area (Å²) in [6, 6.07) is 7.09. The maximum absolute atomic E-state index is 13.5. The minimum atomic E-state index is -1.24. The maximum atomic E-state index is 13.5. The van der Waals surface area contributed by atoms with Crippen molar-refractivity contribution in [3.05, 3.63) is 69.2 Å². The quantitative estimate of drug-likeness (QED) is 0.684. The van der Waals surface area contributed by atoms with E-state index < -0.39 is 36.1 Å². The molecular formula is C17H14Cl2F2N2O3. The molecule has 3 N–H and O–H groups in total. The Labute approximate surface area is 157 Å². The number of benzene rings is 2. The van der Waals surface area contributed by atoms with E-state index in [2.05, 4.69) is 10.6 Å². The lowest BCUT2D eigenvalue weighted by Crippen LogP contribution is -2.39. The number of nitrogens with one attached hydrogen (secondary N) is 2. The summed E-state index contributed by atoms with van der Waals surface area (Å²) >= 11 is 12.0. The average molecular weight is 403 g/mol. The molecule has 0 spiro atoms. The molecule has 0 saturated heterocycles. The molecule has 1 unspecified atom stereocenters. The van der Waals surface area contributed by atoms with Gasteiger partial charge in [0.25, 0.3) is 0 Å². The van der Waals surface area contributed by atoms with Gasteiger partial charge in [-0.05, 0) is 24.3 Å². The first-order chi connectivity index (χ1) is 12.3. The summed E-state index contributed by atoms with van der Waals surface area (Å²) in [5, 5.41) is 14.3. The lowest BCUT2D eigenvalue weighted by molar-refractivity contribution is -0.138. The molecule has 0 saturated carbocycles. The second kappa shape index (κ2) is 8.82. The second-order valence-electron chi connectivity index (χ2n) is 5.29. The van der Waals surface area contributed by atoms with Crippen LogP contribution in [0.1, 0.15) is 17.0 Å². The predicted molar refractivity (Wildman–Crippen MR) is 93.4 cm³/mol. The van der Waals surface area contributed by atoms with Gasteiger partial charge in [0.15, 0.2) is 0 Å². The van der Waals surface area contributed by atoms with Crippen molar-refractivity contribution in [2.45, 2.75) is 12.5 Å². The fourth-order valence-corrected chi connectivity index (χ4v) is 2.94. The number of carboxylic acids is 1. The first-order valence-corrected chi connectivity index (χ1v) is 8.18. The van der Waals surface area contributed by atoms with E-state index in [1.807, 2.05) is 0 Å². The van der Waals surface area contributed by atoms with E-state index in [1.165, 1.54) is 18.2 Å². The van der Waals surface area contributed by atoms with Crippen LogP contribution in [0.2, 0.25) is 10.0 Å². The monoisotopic (exact) mass is 402 g/mol. The Bertz CT molecular complexity index is 793. The number of carboxylic acid groups (broad SMARTS) is 1. The molecule has 0 radical (unpaired) electrons. The highest BCUT2D eigenvalue weighted by Crippen LogP contribution is 2.31. The van der Waals surface area contributed by atoms with Crippen molar-refractivity contribution < 1.29 is 23.5 Å². The normalized spacial score (nSPS) is 11.7. The summed E-state index contributed by atoms with van der Waals surface area (Å²) in [7, 11) is 0. The third-order valence-electron chi connectivity index (χ3n) is 3.60. The van der Waals surface area contributed by atoms with Crippen LogP contribution in [0.3, 0.4) is 0 Å². The van der Waals surface area contributed by atoms with Crippen LogP contribution in [0.25, 0.3) is 0 Å². The third-order valence-corrected chi connectivity index (χ3v) is 4.26. The van der Waals surface area contributed by atoms with Gasteiger partial charge in [0.1, 0.15) is 17.6 Å². The van der Waals surface area contributed by atoms with Gasteiger partial charge < -0.3 is 15.7 Å². The Kier molecular flexibility index (Phi) is 6.76. The summed E-state index contributed by atoms with van der Waals surface area (Å²) in [6.45, 7) is -0.709. The molecule has 0 heterocycles. The highest BCUT2D eigenvalue weighted by Gasteiger charge is 2.25. The fourth-order valence-electron chi connectivity index (χ4n) is 2.28. The molecule has 1 atom stereocenters. The van der Waals surface area contributed by atoms with Gasteiger partial charge in [-0.15, -0.1) is 0 Å². The Balaban J connectivity index is 2.01. The van der Waals surface area contributed by atoms with E-state index in [0.717, 1.165) is 12.1 Å². The molecule has 2 aromatic rings. The summed E-state index contributed by atoms with van der Waals surface area (Å²) in [5.41, 5.74) is -0.129. The summed E-state index contributed by atoms with van der Waals surface area (Å²) in [6.07, 6.45) is 0. The van der Waals surface area contributed by atoms with E-state index in [4.69, 9.17) is 23.2 Å². The second-order valence-corrected chi connectivity index (χ2v) is 6.10. The van der Waals surface area contributed by atoms with Gasteiger partial charge in [-0.2, -0.15) is 0 Å². The number of carbonyl (C=O) groups is 2. The van der Waals surface area contributed by atoms with Crippen LogP contribution < -0.4 is 10.6 Å². The van der Waals surface area contributed by atoms with Crippen molar-refractivity contribution >= 4 is 35.2 Å². The Hall–Kier alpha value is -2.38. The van der Waals surface area contributed by atoms with Crippen molar-refractivity contribution in [1.29, 1.82) is 0 Å². The molecule has 0 aliphatic heterocycles. The molecular weight excluding hydrogens is 389 g/mol. The number of carbonyl (C=O) groups excluding carboxylic acids is 1. The van der Waals surface area contributed by atoms with Crippen LogP contribution in [-0.2, 0) is 11.3 Å². The van der Waals surface area contributed by atoms with Gasteiger partial charge in [-0.1, -0.05) is 35.3 Å². The lowest BCUT2D eigenvalue weighted by atomic mass is 9.99. The van der Waals surface area contributed by atoms with Crippen molar-refractivity contribution in [3.63, 3.8) is 0 Å². The van der Waals surface area contributed by atoms with Crippen LogP contribution in [0.5, 0.6) is 0 Å². The van der Waals surface area contributed by atoms with Crippen molar-refractivity contribution in [2.75, 3.05) is 6.54 Å². The Morgan fingerprint density at radius 1 is 1.00 bits per heavy atom. The highest BCUT2D eigenvalue weighted by atomic mass is 35.5. The van der Waals surface area contributed by atoms with Gasteiger partial charge in [0.05, 0.1) is 6.54 Å². The van der Waals surface area contributed by atoms with Gasteiger partial charge in [0.2, 0.25) is 0 Å². The zero-order chi connectivity index (χ0) is 19.3. The van der Waals surface area contributed by atoms with Crippen LogP contribution in [-0.4, -0.2) is 23.7 Å². The van der Waals surface area contributed by atoms with E-state index in [9.17, 15) is 23.5 Å². The molecule has 2 rings (SSSR count). The molecule has 0 fully saturated rings. The van der Waals surface area contributed by atoms with Crippen LogP contribution in [0, 0.1) is 11.6 Å². The van der Waals surface area contributed by atoms with Crippen molar-refractivity contribution in [3.8, 4) is 0 Å². The standard InChI is InChI=1S/C17H14Cl2F2N2O3/c18-11-3-1-4-12(19)15(11)10(16(24)25)8-23-17(26)22-7-9-13(20)5-2-6-14(9)21/h1-6,10H,7-8H2,(H,24,25)(H2,22,23,26). The van der Waals surface area contributed by atoms with Gasteiger partial charge in [-0.3, -0.25) is 4.79 Å². The zero-order valence-corrected chi connectivity index (χ0v) is 14.7. The van der Waals surface area contributed by atoms with Crippen LogP contribution in [0.4, 0.5) is 13.6 Å². The number of amides is 2. The summed E-state index contributed by atoms with van der Waals surface area (Å²) in [5.74, 6) is -4.01. The number of hydrogen-bond donors (Lipinski definition) is 3. The van der Waals surface area contributed by atoms with E-state index in [-0.39, 0.29) is 27.7 Å². The minimum Gasteiger partial charge on any atom is -0.481 e. The molecule has 2 aromatic carbocycles. The topological polar surface area (TPSA) is 78.4 Å². The van der Waals surface area contributed by atoms with E-state index in [0.29, 0.717) is 0 Å². The smallest absolute Gasteiger partial charge is 0.315 e. The molecule has 9 heteroatoms. The lowest BCUT2D eigenvalue weighted by Gasteiger charge is -2.17. The molecule has 0 bridgehead atoms. The predicted octanol–water partition coefficient (Wildman–Crippen LogP) is 3.94. The number of urea groups is 1. The fraction of sp³-hybridized carbons (Fsp3) is 0.176. The molecule has 0 aliphatic carbocycles. The molecule has 0 aliphatic rings. The largest absolute Gasteiger partial charge is 0.481 e. The van der Waals surface area contributed by atoms with Crippen LogP contribution >= 0.6 is 23.2 Å². The first-order valence-electron chi connectivity index (χ1n) is 7.42. The number of rotatable bonds is 6. The van der Waals surface area contributed by atoms with Crippen molar-refractivity contribution in [2.24, 2.45) is 0 Å². The molecule has 5 nitrogen and oxygen atoms in total.